The lowest BCUT2D eigenvalue weighted by atomic mass is 10.1. The Kier molecular flexibility index (Phi) is 8.32. The second-order valence-corrected chi connectivity index (χ2v) is 8.50. The molecule has 4 atom stereocenters. The summed E-state index contributed by atoms with van der Waals surface area (Å²) in [5, 5.41) is 0. The Hall–Kier alpha value is -3.34. The van der Waals surface area contributed by atoms with Crippen LogP contribution in [0.25, 0.3) is 11.1 Å². The van der Waals surface area contributed by atoms with Crippen LogP contribution in [0.3, 0.4) is 0 Å². The van der Waals surface area contributed by atoms with Crippen molar-refractivity contribution in [1.29, 1.82) is 0 Å². The van der Waals surface area contributed by atoms with Crippen molar-refractivity contribution < 1.29 is 42.5 Å². The van der Waals surface area contributed by atoms with Crippen LogP contribution in [0.4, 0.5) is 4.39 Å². The van der Waals surface area contributed by atoms with Gasteiger partial charge in [-0.15, -0.1) is 11.8 Å². The number of carbonyl (C=O) groups is 3. The lowest BCUT2D eigenvalue weighted by molar-refractivity contribution is -0.186. The fraction of sp³-hybridized carbons (Fsp3) is 0.391. The Bertz CT molecular complexity index is 1070. The van der Waals surface area contributed by atoms with E-state index < -0.39 is 47.5 Å². The number of aromatic nitrogens is 1. The molecule has 0 N–H and O–H groups in total. The lowest BCUT2D eigenvalue weighted by Crippen LogP contribution is -2.55. The van der Waals surface area contributed by atoms with E-state index in [1.165, 1.54) is 58.0 Å². The Balaban J connectivity index is 1.90. The third-order valence-corrected chi connectivity index (χ3v) is 5.96. The number of hydrogen-bond acceptors (Lipinski definition) is 10. The molecular formula is C23H24FNO8S. The van der Waals surface area contributed by atoms with Crippen molar-refractivity contribution in [3.05, 3.63) is 42.5 Å². The summed E-state index contributed by atoms with van der Waals surface area (Å²) in [5.74, 6) is -1.37. The van der Waals surface area contributed by atoms with E-state index in [4.69, 9.17) is 23.7 Å². The van der Waals surface area contributed by atoms with Crippen molar-refractivity contribution in [3.63, 3.8) is 0 Å². The molecule has 1 saturated heterocycles. The number of methoxy groups -OCH3 is 1. The van der Waals surface area contributed by atoms with Crippen LogP contribution >= 0.6 is 11.8 Å². The molecule has 0 saturated carbocycles. The van der Waals surface area contributed by atoms with E-state index in [2.05, 4.69) is 4.98 Å². The number of halogens is 1. The minimum absolute atomic E-state index is 0.235. The van der Waals surface area contributed by atoms with Gasteiger partial charge in [0, 0.05) is 49.9 Å². The van der Waals surface area contributed by atoms with E-state index in [1.807, 2.05) is 0 Å². The minimum Gasteiger partial charge on any atom is -0.496 e. The number of benzene rings is 1. The summed E-state index contributed by atoms with van der Waals surface area (Å²) in [4.78, 5) is 39.3. The topological polar surface area (TPSA) is 110 Å². The number of hydrogen-bond donors (Lipinski definition) is 0. The Morgan fingerprint density at radius 3 is 2.29 bits per heavy atom. The number of esters is 3. The van der Waals surface area contributed by atoms with Gasteiger partial charge in [-0.2, -0.15) is 0 Å². The van der Waals surface area contributed by atoms with Gasteiger partial charge in [-0.25, -0.2) is 4.39 Å². The largest absolute Gasteiger partial charge is 0.496 e. The second kappa shape index (κ2) is 11.2. The normalized spacial score (nSPS) is 21.8. The van der Waals surface area contributed by atoms with Gasteiger partial charge >= 0.3 is 17.9 Å². The first-order valence-electron chi connectivity index (χ1n) is 10.3. The van der Waals surface area contributed by atoms with Gasteiger partial charge in [0.15, 0.2) is 23.7 Å². The molecule has 0 bridgehead atoms. The zero-order chi connectivity index (χ0) is 24.8. The first kappa shape index (κ1) is 25.3. The van der Waals surface area contributed by atoms with E-state index >= 15 is 0 Å². The Morgan fingerprint density at radius 2 is 1.65 bits per heavy atom. The molecule has 0 radical (unpaired) electrons. The van der Waals surface area contributed by atoms with Crippen molar-refractivity contribution in [2.75, 3.05) is 12.9 Å². The summed E-state index contributed by atoms with van der Waals surface area (Å²) in [6, 6.07) is 5.80. The molecule has 11 heteroatoms. The molecule has 1 unspecified atom stereocenters. The molecule has 0 spiro atoms. The van der Waals surface area contributed by atoms with E-state index in [0.29, 0.717) is 22.6 Å². The highest BCUT2D eigenvalue weighted by molar-refractivity contribution is 7.99. The van der Waals surface area contributed by atoms with Gasteiger partial charge in [-0.3, -0.25) is 19.4 Å². The van der Waals surface area contributed by atoms with Crippen LogP contribution < -0.4 is 9.47 Å². The number of pyridine rings is 1. The van der Waals surface area contributed by atoms with Crippen molar-refractivity contribution in [2.45, 2.75) is 44.5 Å². The summed E-state index contributed by atoms with van der Waals surface area (Å²) < 4.78 is 41.0. The van der Waals surface area contributed by atoms with Crippen LogP contribution in [-0.4, -0.2) is 59.5 Å². The number of nitrogens with zero attached hydrogens (tertiary/aromatic N) is 1. The fourth-order valence-electron chi connectivity index (χ4n) is 3.48. The Morgan fingerprint density at radius 1 is 0.971 bits per heavy atom. The summed E-state index contributed by atoms with van der Waals surface area (Å²) in [6.45, 7) is 3.65. The van der Waals surface area contributed by atoms with E-state index in [9.17, 15) is 18.8 Å². The fourth-order valence-corrected chi connectivity index (χ4v) is 4.69. The van der Waals surface area contributed by atoms with Gasteiger partial charge in [0.1, 0.15) is 17.3 Å². The molecule has 1 aromatic heterocycles. The van der Waals surface area contributed by atoms with Crippen LogP contribution in [-0.2, 0) is 28.6 Å². The first-order chi connectivity index (χ1) is 16.2. The predicted molar refractivity (Wildman–Crippen MR) is 120 cm³/mol. The number of thioether (sulfide) groups is 1. The van der Waals surface area contributed by atoms with E-state index in [-0.39, 0.29) is 5.75 Å². The third kappa shape index (κ3) is 6.37. The molecule has 9 nitrogen and oxygen atoms in total. The summed E-state index contributed by atoms with van der Waals surface area (Å²) >= 11 is 1.23. The van der Waals surface area contributed by atoms with Gasteiger partial charge in [0.2, 0.25) is 0 Å². The van der Waals surface area contributed by atoms with Crippen molar-refractivity contribution >= 4 is 29.7 Å². The molecule has 0 amide bonds. The van der Waals surface area contributed by atoms with Crippen molar-refractivity contribution in [3.8, 4) is 22.6 Å². The lowest BCUT2D eigenvalue weighted by Gasteiger charge is -2.39. The quantitative estimate of drug-likeness (QED) is 0.421. The SMILES string of the molecule is COc1cc(F)ccc1-c1cncc(OC2SC[C@@H](OC(C)=O)[C@H](OC(C)=O)[C@H]2OC(C)=O)c1. The van der Waals surface area contributed by atoms with Crippen LogP contribution in [0.1, 0.15) is 20.8 Å². The summed E-state index contributed by atoms with van der Waals surface area (Å²) in [5.41, 5.74) is 0.406. The molecule has 1 aliphatic rings. The van der Waals surface area contributed by atoms with Gasteiger partial charge in [-0.05, 0) is 18.2 Å². The van der Waals surface area contributed by atoms with Crippen LogP contribution in [0, 0.1) is 5.82 Å². The number of carbonyl (C=O) groups excluding carboxylic acids is 3. The van der Waals surface area contributed by atoms with Gasteiger partial charge in [0.25, 0.3) is 0 Å². The average molecular weight is 494 g/mol. The number of ether oxygens (including phenoxy) is 5. The maximum absolute atomic E-state index is 13.6. The molecular weight excluding hydrogens is 469 g/mol. The molecule has 3 rings (SSSR count). The third-order valence-electron chi connectivity index (χ3n) is 4.74. The standard InChI is InChI=1S/C23H24FNO8S/c1-12(26)30-20-11-34-23(22(32-14(3)28)21(20)31-13(2)27)33-17-7-15(9-25-10-17)18-6-5-16(24)8-19(18)29-4/h5-10,20-23H,11H2,1-4H3/t20-,21+,22-,23?/m1/s1. The zero-order valence-electron chi connectivity index (χ0n) is 19.0. The smallest absolute Gasteiger partial charge is 0.303 e. The van der Waals surface area contributed by atoms with Crippen LogP contribution in [0.15, 0.2) is 36.7 Å². The molecule has 2 aromatic rings. The highest BCUT2D eigenvalue weighted by Gasteiger charge is 2.47. The highest BCUT2D eigenvalue weighted by atomic mass is 32.2. The molecule has 0 aliphatic carbocycles. The van der Waals surface area contributed by atoms with Crippen LogP contribution in [0.2, 0.25) is 0 Å². The summed E-state index contributed by atoms with van der Waals surface area (Å²) in [6.07, 6.45) is 0.0737. The minimum atomic E-state index is -1.06. The maximum Gasteiger partial charge on any atom is 0.303 e. The molecule has 1 fully saturated rings. The zero-order valence-corrected chi connectivity index (χ0v) is 19.8. The Labute approximate surface area is 199 Å². The predicted octanol–water partition coefficient (Wildman–Crippen LogP) is 3.14. The van der Waals surface area contributed by atoms with Crippen molar-refractivity contribution in [1.82, 2.24) is 4.98 Å². The highest BCUT2D eigenvalue weighted by Crippen LogP contribution is 2.36. The molecule has 1 aliphatic heterocycles. The van der Waals surface area contributed by atoms with Gasteiger partial charge in [0.05, 0.1) is 13.3 Å². The molecule has 182 valence electrons. The average Bonchev–Trinajstić information content (AvgIpc) is 2.76. The molecule has 34 heavy (non-hydrogen) atoms. The van der Waals surface area contributed by atoms with Gasteiger partial charge < -0.3 is 23.7 Å². The van der Waals surface area contributed by atoms with E-state index in [1.54, 1.807) is 18.3 Å². The van der Waals surface area contributed by atoms with Crippen molar-refractivity contribution in [2.24, 2.45) is 0 Å². The molecule has 1 aromatic carbocycles. The summed E-state index contributed by atoms with van der Waals surface area (Å²) in [7, 11) is 1.43. The first-order valence-corrected chi connectivity index (χ1v) is 11.3. The van der Waals surface area contributed by atoms with Crippen LogP contribution in [0.5, 0.6) is 11.5 Å². The van der Waals surface area contributed by atoms with E-state index in [0.717, 1.165) is 0 Å². The maximum atomic E-state index is 13.6. The number of rotatable bonds is 7. The monoisotopic (exact) mass is 493 g/mol. The van der Waals surface area contributed by atoms with Gasteiger partial charge in [-0.1, -0.05) is 0 Å². The molecule has 2 heterocycles. The second-order valence-electron chi connectivity index (χ2n) is 7.37.